The summed E-state index contributed by atoms with van der Waals surface area (Å²) in [4.78, 5) is 11.0. The number of hydrogen-bond donors (Lipinski definition) is 0. The minimum Gasteiger partial charge on any atom is -0.391 e. The topological polar surface area (TPSA) is 43.2 Å². The van der Waals surface area contributed by atoms with Crippen molar-refractivity contribution < 1.29 is 9.68 Å². The molecule has 4 nitrogen and oxygen atoms in total. The summed E-state index contributed by atoms with van der Waals surface area (Å²) in [5.74, 6) is 0. The van der Waals surface area contributed by atoms with Gasteiger partial charge in [0.05, 0.1) is 5.71 Å². The van der Waals surface area contributed by atoms with E-state index >= 15 is 0 Å². The molecule has 0 saturated carbocycles. The van der Waals surface area contributed by atoms with Gasteiger partial charge in [0.1, 0.15) is 13.2 Å². The van der Waals surface area contributed by atoms with Gasteiger partial charge in [-0.1, -0.05) is 101 Å². The van der Waals surface area contributed by atoms with Crippen LogP contribution < -0.4 is 0 Å². The number of benzene rings is 3. The average Bonchev–Trinajstić information content (AvgIpc) is 2.79. The third-order valence-electron chi connectivity index (χ3n) is 4.36. The Labute approximate surface area is 172 Å². The van der Waals surface area contributed by atoms with Gasteiger partial charge in [0, 0.05) is 12.6 Å². The van der Waals surface area contributed by atoms with Crippen LogP contribution in [0.2, 0.25) is 0 Å². The highest BCUT2D eigenvalue weighted by Crippen LogP contribution is 2.07. The minimum atomic E-state index is 0.456. The summed E-state index contributed by atoms with van der Waals surface area (Å²) in [6.45, 7) is 0.912. The highest BCUT2D eigenvalue weighted by molar-refractivity contribution is 5.95. The van der Waals surface area contributed by atoms with E-state index in [9.17, 15) is 0 Å². The quantitative estimate of drug-likeness (QED) is 0.309. The molecule has 0 amide bonds. The molecule has 0 aliphatic carbocycles. The molecule has 0 atom stereocenters. The van der Waals surface area contributed by atoms with Gasteiger partial charge in [-0.05, 0) is 29.5 Å². The second-order valence-electron chi connectivity index (χ2n) is 6.65. The fourth-order valence-corrected chi connectivity index (χ4v) is 2.77. The monoisotopic (exact) mass is 386 g/mol. The van der Waals surface area contributed by atoms with Gasteiger partial charge in [-0.15, -0.1) is 0 Å². The van der Waals surface area contributed by atoms with Crippen LogP contribution in [0.25, 0.3) is 0 Å². The SMILES string of the molecule is C(CC(CCc1ccccc1)=NOCc1ccccc1)=NOCc1ccccc1. The maximum absolute atomic E-state index is 5.58. The van der Waals surface area contributed by atoms with Crippen molar-refractivity contribution in [3.63, 3.8) is 0 Å². The van der Waals surface area contributed by atoms with Gasteiger partial charge in [-0.25, -0.2) is 0 Å². The van der Waals surface area contributed by atoms with Crippen LogP contribution in [0.3, 0.4) is 0 Å². The summed E-state index contributed by atoms with van der Waals surface area (Å²) in [6.07, 6.45) is 4.06. The zero-order valence-electron chi connectivity index (χ0n) is 16.5. The van der Waals surface area contributed by atoms with Crippen molar-refractivity contribution in [2.45, 2.75) is 32.5 Å². The number of nitrogens with zero attached hydrogens (tertiary/aromatic N) is 2. The molecule has 0 bridgehead atoms. The van der Waals surface area contributed by atoms with Crippen LogP contribution in [0.4, 0.5) is 0 Å². The second kappa shape index (κ2) is 12.1. The van der Waals surface area contributed by atoms with Gasteiger partial charge in [0.25, 0.3) is 0 Å². The lowest BCUT2D eigenvalue weighted by molar-refractivity contribution is 0.128. The van der Waals surface area contributed by atoms with Gasteiger partial charge in [0.15, 0.2) is 0 Å². The Balaban J connectivity index is 1.51. The van der Waals surface area contributed by atoms with E-state index in [0.717, 1.165) is 29.7 Å². The predicted molar refractivity (Wildman–Crippen MR) is 118 cm³/mol. The highest BCUT2D eigenvalue weighted by Gasteiger charge is 2.02. The third-order valence-corrected chi connectivity index (χ3v) is 4.36. The van der Waals surface area contributed by atoms with Gasteiger partial charge in [-0.3, -0.25) is 0 Å². The van der Waals surface area contributed by atoms with Crippen molar-refractivity contribution in [2.24, 2.45) is 10.3 Å². The van der Waals surface area contributed by atoms with E-state index < -0.39 is 0 Å². The molecule has 0 aromatic heterocycles. The van der Waals surface area contributed by atoms with Crippen molar-refractivity contribution >= 4 is 11.9 Å². The zero-order chi connectivity index (χ0) is 20.0. The fraction of sp³-hybridized carbons (Fsp3) is 0.200. The van der Waals surface area contributed by atoms with E-state index in [1.165, 1.54) is 5.56 Å². The van der Waals surface area contributed by atoms with Crippen LogP contribution in [0.1, 0.15) is 29.5 Å². The lowest BCUT2D eigenvalue weighted by Crippen LogP contribution is -2.04. The van der Waals surface area contributed by atoms with Crippen molar-refractivity contribution in [3.05, 3.63) is 108 Å². The summed E-state index contributed by atoms with van der Waals surface area (Å²) in [7, 11) is 0. The lowest BCUT2D eigenvalue weighted by atomic mass is 10.1. The molecule has 0 heterocycles. The molecular formula is C25H26N2O2. The second-order valence-corrected chi connectivity index (χ2v) is 6.65. The standard InChI is InChI=1S/C25H26N2O2/c1-4-10-22(11-5-1)16-17-25(27-29-21-24-14-8-3-9-15-24)18-19-26-28-20-23-12-6-2-7-13-23/h1-15,19H,16-18,20-21H2. The molecule has 0 N–H and O–H groups in total. The van der Waals surface area contributed by atoms with Gasteiger partial charge in [-0.2, -0.15) is 0 Å². The lowest BCUT2D eigenvalue weighted by Gasteiger charge is -2.06. The van der Waals surface area contributed by atoms with E-state index in [1.807, 2.05) is 66.7 Å². The first-order valence-corrected chi connectivity index (χ1v) is 9.83. The molecule has 0 fully saturated rings. The number of hydrogen-bond acceptors (Lipinski definition) is 4. The van der Waals surface area contributed by atoms with E-state index in [4.69, 9.17) is 9.68 Å². The molecule has 0 radical (unpaired) electrons. The molecule has 0 unspecified atom stereocenters. The number of aryl methyl sites for hydroxylation is 1. The Kier molecular flexibility index (Phi) is 8.51. The summed E-state index contributed by atoms with van der Waals surface area (Å²) >= 11 is 0. The van der Waals surface area contributed by atoms with E-state index in [1.54, 1.807) is 6.21 Å². The number of oxime groups is 2. The molecule has 0 aliphatic rings. The normalized spacial score (nSPS) is 11.5. The molecule has 0 spiro atoms. The molecule has 0 aliphatic heterocycles. The van der Waals surface area contributed by atoms with Crippen LogP contribution in [0, 0.1) is 0 Å². The summed E-state index contributed by atoms with van der Waals surface area (Å²) in [5, 5.41) is 8.43. The molecule has 3 rings (SSSR count). The molecule has 4 heteroatoms. The molecule has 3 aromatic carbocycles. The molecule has 3 aromatic rings. The van der Waals surface area contributed by atoms with E-state index in [2.05, 4.69) is 34.6 Å². The highest BCUT2D eigenvalue weighted by atomic mass is 16.6. The largest absolute Gasteiger partial charge is 0.391 e. The first kappa shape index (κ1) is 20.3. The summed E-state index contributed by atoms with van der Waals surface area (Å²) < 4.78 is 0. The molecule has 29 heavy (non-hydrogen) atoms. The average molecular weight is 386 g/mol. The fourth-order valence-electron chi connectivity index (χ4n) is 2.77. The Morgan fingerprint density at radius 3 is 1.76 bits per heavy atom. The third kappa shape index (κ3) is 8.01. The van der Waals surface area contributed by atoms with Crippen LogP contribution >= 0.6 is 0 Å². The predicted octanol–water partition coefficient (Wildman–Crippen LogP) is 5.78. The smallest absolute Gasteiger partial charge is 0.142 e. The van der Waals surface area contributed by atoms with Crippen molar-refractivity contribution in [3.8, 4) is 0 Å². The first-order chi connectivity index (χ1) is 14.4. The van der Waals surface area contributed by atoms with E-state index in [0.29, 0.717) is 19.6 Å². The van der Waals surface area contributed by atoms with Gasteiger partial charge in [0.2, 0.25) is 0 Å². The Morgan fingerprint density at radius 2 is 1.17 bits per heavy atom. The van der Waals surface area contributed by atoms with Crippen LogP contribution in [-0.2, 0) is 29.3 Å². The zero-order valence-corrected chi connectivity index (χ0v) is 16.5. The van der Waals surface area contributed by atoms with Crippen molar-refractivity contribution in [1.82, 2.24) is 0 Å². The molecule has 0 saturated heterocycles. The Hall–Kier alpha value is -3.40. The van der Waals surface area contributed by atoms with Crippen LogP contribution in [0.15, 0.2) is 101 Å². The van der Waals surface area contributed by atoms with Crippen LogP contribution in [-0.4, -0.2) is 11.9 Å². The van der Waals surface area contributed by atoms with Gasteiger partial charge >= 0.3 is 0 Å². The van der Waals surface area contributed by atoms with E-state index in [-0.39, 0.29) is 0 Å². The van der Waals surface area contributed by atoms with Crippen LogP contribution in [0.5, 0.6) is 0 Å². The maximum Gasteiger partial charge on any atom is 0.142 e. The summed E-state index contributed by atoms with van der Waals surface area (Å²) in [5.41, 5.74) is 4.41. The Morgan fingerprint density at radius 1 is 0.655 bits per heavy atom. The van der Waals surface area contributed by atoms with Gasteiger partial charge < -0.3 is 9.68 Å². The maximum atomic E-state index is 5.58. The Bertz CT molecular complexity index is 878. The van der Waals surface area contributed by atoms with Crippen molar-refractivity contribution in [2.75, 3.05) is 0 Å². The van der Waals surface area contributed by atoms with Crippen molar-refractivity contribution in [1.29, 1.82) is 0 Å². The molecule has 148 valence electrons. The minimum absolute atomic E-state index is 0.456. The first-order valence-electron chi connectivity index (χ1n) is 9.83. The summed E-state index contributed by atoms with van der Waals surface area (Å²) in [6, 6.07) is 30.4. The number of rotatable bonds is 11. The molecular weight excluding hydrogens is 360 g/mol.